The molecular weight excluding hydrogens is 454 g/mol. The Morgan fingerprint density at radius 3 is 2.53 bits per heavy atom. The van der Waals surface area contributed by atoms with Gasteiger partial charge in [-0.25, -0.2) is 4.79 Å². The topological polar surface area (TPSA) is 65.8 Å². The van der Waals surface area contributed by atoms with Crippen molar-refractivity contribution in [1.29, 1.82) is 0 Å². The fourth-order valence-corrected chi connectivity index (χ4v) is 4.56. The SMILES string of the molecule is COc1ccc(-c2cc3cnc(C4=CCN(C(=O)OCc5ccccc5)CC4)cc3n2C)cc1OC. The Kier molecular flexibility index (Phi) is 6.62. The van der Waals surface area contributed by atoms with E-state index in [2.05, 4.69) is 29.8 Å². The first-order valence-electron chi connectivity index (χ1n) is 11.9. The zero-order valence-electron chi connectivity index (χ0n) is 20.7. The van der Waals surface area contributed by atoms with Crippen LogP contribution in [0.5, 0.6) is 11.5 Å². The summed E-state index contributed by atoms with van der Waals surface area (Å²) in [5.74, 6) is 1.39. The monoisotopic (exact) mass is 483 g/mol. The van der Waals surface area contributed by atoms with Crippen LogP contribution in [-0.2, 0) is 18.4 Å². The van der Waals surface area contributed by atoms with Gasteiger partial charge in [0.05, 0.1) is 25.4 Å². The Bertz CT molecular complexity index is 1430. The first-order valence-corrected chi connectivity index (χ1v) is 11.9. The molecule has 3 heterocycles. The third-order valence-electron chi connectivity index (χ3n) is 6.61. The predicted molar refractivity (Wildman–Crippen MR) is 140 cm³/mol. The minimum absolute atomic E-state index is 0.279. The number of aromatic nitrogens is 2. The average Bonchev–Trinajstić information content (AvgIpc) is 3.27. The lowest BCUT2D eigenvalue weighted by Crippen LogP contribution is -2.35. The molecule has 0 spiro atoms. The molecule has 7 nitrogen and oxygen atoms in total. The maximum absolute atomic E-state index is 12.5. The van der Waals surface area contributed by atoms with Gasteiger partial charge in [-0.1, -0.05) is 36.4 Å². The number of nitrogens with zero attached hydrogens (tertiary/aromatic N) is 3. The maximum atomic E-state index is 12.5. The molecule has 0 unspecified atom stereocenters. The van der Waals surface area contributed by atoms with Crippen LogP contribution in [0.25, 0.3) is 27.7 Å². The zero-order chi connectivity index (χ0) is 25.1. The molecule has 1 aliphatic heterocycles. The van der Waals surface area contributed by atoms with Gasteiger partial charge in [-0.3, -0.25) is 4.98 Å². The van der Waals surface area contributed by atoms with E-state index >= 15 is 0 Å². The Hall–Kier alpha value is -4.26. The van der Waals surface area contributed by atoms with Gasteiger partial charge in [0, 0.05) is 43.0 Å². The van der Waals surface area contributed by atoms with Crippen LogP contribution < -0.4 is 9.47 Å². The van der Waals surface area contributed by atoms with Crippen molar-refractivity contribution in [3.63, 3.8) is 0 Å². The molecule has 0 radical (unpaired) electrons. The van der Waals surface area contributed by atoms with Crippen molar-refractivity contribution in [1.82, 2.24) is 14.5 Å². The van der Waals surface area contributed by atoms with E-state index < -0.39 is 0 Å². The Morgan fingerprint density at radius 1 is 1.00 bits per heavy atom. The van der Waals surface area contributed by atoms with Crippen molar-refractivity contribution >= 4 is 22.6 Å². The van der Waals surface area contributed by atoms with E-state index in [0.717, 1.165) is 45.4 Å². The van der Waals surface area contributed by atoms with Crippen LogP contribution in [0.15, 0.2) is 72.9 Å². The number of aryl methyl sites for hydroxylation is 1. The molecule has 184 valence electrons. The summed E-state index contributed by atoms with van der Waals surface area (Å²) in [5.41, 5.74) is 6.24. The third kappa shape index (κ3) is 4.64. The summed E-state index contributed by atoms with van der Waals surface area (Å²) in [4.78, 5) is 18.9. The van der Waals surface area contributed by atoms with Crippen LogP contribution in [0.2, 0.25) is 0 Å². The van der Waals surface area contributed by atoms with Gasteiger partial charge < -0.3 is 23.7 Å². The van der Waals surface area contributed by atoms with E-state index in [1.807, 2.05) is 54.7 Å². The molecular formula is C29H29N3O4. The summed E-state index contributed by atoms with van der Waals surface area (Å²) >= 11 is 0. The average molecular weight is 484 g/mol. The van der Waals surface area contributed by atoms with Crippen molar-refractivity contribution in [2.24, 2.45) is 7.05 Å². The Labute approximate surface area is 210 Å². The maximum Gasteiger partial charge on any atom is 0.410 e. The Morgan fingerprint density at radius 2 is 1.81 bits per heavy atom. The quantitative estimate of drug-likeness (QED) is 0.353. The number of amides is 1. The van der Waals surface area contributed by atoms with Crippen molar-refractivity contribution in [2.45, 2.75) is 13.0 Å². The molecule has 36 heavy (non-hydrogen) atoms. The molecule has 4 aromatic rings. The molecule has 0 saturated heterocycles. The molecule has 1 aliphatic rings. The highest BCUT2D eigenvalue weighted by Crippen LogP contribution is 2.35. The van der Waals surface area contributed by atoms with E-state index in [9.17, 15) is 4.79 Å². The number of fused-ring (bicyclic) bond motifs is 1. The van der Waals surface area contributed by atoms with Gasteiger partial charge in [-0.05, 0) is 47.9 Å². The summed E-state index contributed by atoms with van der Waals surface area (Å²) in [6.45, 7) is 1.39. The first kappa shape index (κ1) is 23.5. The molecule has 2 aromatic heterocycles. The van der Waals surface area contributed by atoms with Gasteiger partial charge in [0.1, 0.15) is 6.61 Å². The number of hydrogen-bond donors (Lipinski definition) is 0. The van der Waals surface area contributed by atoms with Gasteiger partial charge in [-0.2, -0.15) is 0 Å². The second-order valence-corrected chi connectivity index (χ2v) is 8.75. The summed E-state index contributed by atoms with van der Waals surface area (Å²) in [7, 11) is 5.33. The third-order valence-corrected chi connectivity index (χ3v) is 6.61. The second-order valence-electron chi connectivity index (χ2n) is 8.75. The van der Waals surface area contributed by atoms with Crippen molar-refractivity contribution < 1.29 is 19.0 Å². The highest BCUT2D eigenvalue weighted by molar-refractivity contribution is 5.88. The van der Waals surface area contributed by atoms with Crippen LogP contribution >= 0.6 is 0 Å². The smallest absolute Gasteiger partial charge is 0.410 e. The normalized spacial score (nSPS) is 13.4. The first-order chi connectivity index (χ1) is 17.6. The highest BCUT2D eigenvalue weighted by atomic mass is 16.6. The van der Waals surface area contributed by atoms with Crippen LogP contribution in [0, 0.1) is 0 Å². The summed E-state index contributed by atoms with van der Waals surface area (Å²) in [6.07, 6.45) is 4.42. The van der Waals surface area contributed by atoms with Gasteiger partial charge in [0.25, 0.3) is 0 Å². The zero-order valence-corrected chi connectivity index (χ0v) is 20.7. The number of benzene rings is 2. The summed E-state index contributed by atoms with van der Waals surface area (Å²) in [6, 6.07) is 19.9. The largest absolute Gasteiger partial charge is 0.493 e. The molecule has 1 amide bonds. The van der Waals surface area contributed by atoms with E-state index in [4.69, 9.17) is 19.2 Å². The number of pyridine rings is 1. The van der Waals surface area contributed by atoms with Crippen LogP contribution in [0.1, 0.15) is 17.7 Å². The Balaban J connectivity index is 1.32. The molecule has 7 heteroatoms. The van der Waals surface area contributed by atoms with Crippen molar-refractivity contribution in [2.75, 3.05) is 27.3 Å². The molecule has 0 fully saturated rings. The fourth-order valence-electron chi connectivity index (χ4n) is 4.56. The molecule has 0 atom stereocenters. The molecule has 0 aliphatic carbocycles. The predicted octanol–water partition coefficient (Wildman–Crippen LogP) is 5.68. The number of hydrogen-bond acceptors (Lipinski definition) is 5. The minimum Gasteiger partial charge on any atom is -0.493 e. The molecule has 2 aromatic carbocycles. The minimum atomic E-state index is -0.292. The summed E-state index contributed by atoms with van der Waals surface area (Å²) < 4.78 is 18.5. The highest BCUT2D eigenvalue weighted by Gasteiger charge is 2.20. The second kappa shape index (κ2) is 10.2. The van der Waals surface area contributed by atoms with E-state index in [1.165, 1.54) is 0 Å². The number of carbonyl (C=O) groups is 1. The molecule has 0 bridgehead atoms. The van der Waals surface area contributed by atoms with Crippen molar-refractivity contribution in [3.8, 4) is 22.8 Å². The van der Waals surface area contributed by atoms with E-state index in [1.54, 1.807) is 19.1 Å². The van der Waals surface area contributed by atoms with E-state index in [-0.39, 0.29) is 12.7 Å². The molecule has 0 N–H and O–H groups in total. The lowest BCUT2D eigenvalue weighted by atomic mass is 10.0. The number of carbonyl (C=O) groups excluding carboxylic acids is 1. The van der Waals surface area contributed by atoms with Crippen LogP contribution in [0.4, 0.5) is 4.79 Å². The van der Waals surface area contributed by atoms with E-state index in [0.29, 0.717) is 24.6 Å². The van der Waals surface area contributed by atoms with Gasteiger partial charge in [-0.15, -0.1) is 0 Å². The van der Waals surface area contributed by atoms with Gasteiger partial charge in [0.15, 0.2) is 11.5 Å². The standard InChI is InChI=1S/C29H29N3O4/c1-31-25(22-9-10-27(34-2)28(16-22)35-3)15-23-18-30-24(17-26(23)31)21-11-13-32(14-12-21)29(33)36-19-20-7-5-4-6-8-20/h4-11,15-18H,12-14,19H2,1-3H3. The number of methoxy groups -OCH3 is 2. The van der Waals surface area contributed by atoms with Crippen LogP contribution in [-0.4, -0.2) is 47.9 Å². The molecule has 0 saturated carbocycles. The lowest BCUT2D eigenvalue weighted by molar-refractivity contribution is 0.0998. The fraction of sp³-hybridized carbons (Fsp3) is 0.241. The van der Waals surface area contributed by atoms with Gasteiger partial charge in [0.2, 0.25) is 0 Å². The number of rotatable bonds is 6. The van der Waals surface area contributed by atoms with Crippen molar-refractivity contribution in [3.05, 3.63) is 84.2 Å². The van der Waals surface area contributed by atoms with Gasteiger partial charge >= 0.3 is 6.09 Å². The lowest BCUT2D eigenvalue weighted by Gasteiger charge is -2.25. The molecule has 5 rings (SSSR count). The summed E-state index contributed by atoms with van der Waals surface area (Å²) in [5, 5.41) is 1.06. The van der Waals surface area contributed by atoms with Crippen LogP contribution in [0.3, 0.4) is 0 Å². The number of ether oxygens (including phenoxy) is 3.